The summed E-state index contributed by atoms with van der Waals surface area (Å²) in [6.07, 6.45) is 2.13. The Balaban J connectivity index is 1.84. The molecule has 1 unspecified atom stereocenters. The van der Waals surface area contributed by atoms with Crippen LogP contribution < -0.4 is 0 Å². The van der Waals surface area contributed by atoms with E-state index in [0.717, 1.165) is 0 Å². The van der Waals surface area contributed by atoms with Gasteiger partial charge >= 0.3 is 0 Å². The maximum Gasteiger partial charge on any atom is 0.159 e. The lowest BCUT2D eigenvalue weighted by molar-refractivity contribution is 0.0687. The highest BCUT2D eigenvalue weighted by Gasteiger charge is 2.28. The molecule has 124 valence electrons. The number of rotatable bonds is 2. The van der Waals surface area contributed by atoms with Crippen molar-refractivity contribution in [2.24, 2.45) is 0 Å². The fourth-order valence-corrected chi connectivity index (χ4v) is 3.04. The monoisotopic (exact) mass is 330 g/mol. The maximum atomic E-state index is 15.0. The van der Waals surface area contributed by atoms with Crippen LogP contribution in [-0.2, 0) is 12.1 Å². The molecule has 3 heterocycles. The van der Waals surface area contributed by atoms with Gasteiger partial charge in [-0.1, -0.05) is 0 Å². The van der Waals surface area contributed by atoms with Crippen LogP contribution in [0.3, 0.4) is 0 Å². The first kappa shape index (κ1) is 15.1. The van der Waals surface area contributed by atoms with Crippen molar-refractivity contribution in [3.63, 3.8) is 0 Å². The smallest absolute Gasteiger partial charge is 0.159 e. The fraction of sp³-hybridized carbons (Fsp3) is 0.353. The van der Waals surface area contributed by atoms with Crippen LogP contribution in [0.2, 0.25) is 0 Å². The topological polar surface area (TPSA) is 63.8 Å². The van der Waals surface area contributed by atoms with Gasteiger partial charge < -0.3 is 9.67 Å². The van der Waals surface area contributed by atoms with Crippen molar-refractivity contribution in [3.05, 3.63) is 42.0 Å². The van der Waals surface area contributed by atoms with Gasteiger partial charge in [-0.15, -0.1) is 0 Å². The zero-order valence-corrected chi connectivity index (χ0v) is 13.3. The predicted molar refractivity (Wildman–Crippen MR) is 84.4 cm³/mol. The van der Waals surface area contributed by atoms with E-state index in [1.165, 1.54) is 12.4 Å². The average Bonchev–Trinajstić information content (AvgIpc) is 3.07. The van der Waals surface area contributed by atoms with Gasteiger partial charge in [-0.25, -0.2) is 23.7 Å². The number of fused-ring (bicyclic) bond motifs is 3. The molecule has 7 heteroatoms. The molecule has 0 bridgehead atoms. The minimum Gasteiger partial charge on any atom is -0.382 e. The molecular weight excluding hydrogens is 314 g/mol. The zero-order valence-electron chi connectivity index (χ0n) is 13.3. The second kappa shape index (κ2) is 5.04. The van der Waals surface area contributed by atoms with E-state index >= 15 is 4.39 Å². The number of benzene rings is 1. The molecule has 5 nitrogen and oxygen atoms in total. The number of aryl methyl sites for hydroxylation is 1. The Labute approximate surface area is 137 Å². The fourth-order valence-electron chi connectivity index (χ4n) is 3.04. The molecular formula is C17H16F2N4O. The van der Waals surface area contributed by atoms with Crippen molar-refractivity contribution in [2.75, 3.05) is 0 Å². The molecule has 24 heavy (non-hydrogen) atoms. The normalized spacial score (nSPS) is 17.5. The molecule has 3 aromatic rings. The van der Waals surface area contributed by atoms with Crippen molar-refractivity contribution in [1.29, 1.82) is 0 Å². The number of halogens is 2. The van der Waals surface area contributed by atoms with E-state index in [1.54, 1.807) is 30.5 Å². The van der Waals surface area contributed by atoms with Crippen LogP contribution >= 0.6 is 0 Å². The van der Waals surface area contributed by atoms with Gasteiger partial charge in [0.05, 0.1) is 5.52 Å². The van der Waals surface area contributed by atoms with E-state index in [4.69, 9.17) is 0 Å². The number of aliphatic hydroxyl groups is 1. The Hall–Kier alpha value is -2.41. The largest absolute Gasteiger partial charge is 0.382 e. The lowest BCUT2D eigenvalue weighted by Crippen LogP contribution is -2.19. The number of imidazole rings is 1. The van der Waals surface area contributed by atoms with Crippen molar-refractivity contribution in [1.82, 2.24) is 19.5 Å². The second-order valence-corrected chi connectivity index (χ2v) is 6.53. The molecule has 0 fully saturated rings. The van der Waals surface area contributed by atoms with Gasteiger partial charge in [0.1, 0.15) is 16.9 Å². The molecule has 1 aliphatic heterocycles. The van der Waals surface area contributed by atoms with E-state index in [2.05, 4.69) is 15.0 Å². The zero-order chi connectivity index (χ0) is 17.1. The van der Waals surface area contributed by atoms with Crippen LogP contribution in [-0.4, -0.2) is 24.6 Å². The molecule has 1 aromatic carbocycles. The summed E-state index contributed by atoms with van der Waals surface area (Å²) in [6.45, 7) is 3.58. The molecule has 0 aliphatic carbocycles. The quantitative estimate of drug-likeness (QED) is 0.783. The van der Waals surface area contributed by atoms with Gasteiger partial charge in [-0.2, -0.15) is 0 Å². The summed E-state index contributed by atoms with van der Waals surface area (Å²) in [7, 11) is 0. The first-order valence-electron chi connectivity index (χ1n) is 7.74. The SMILES string of the molecule is CC(C)(O)c1ncc(-c2ccc3nc4n(c3c2F)CCC4F)cn1. The summed E-state index contributed by atoms with van der Waals surface area (Å²) in [6, 6.07) is 3.27. The van der Waals surface area contributed by atoms with Crippen molar-refractivity contribution in [3.8, 4) is 11.1 Å². The van der Waals surface area contributed by atoms with Crippen LogP contribution in [0.1, 0.15) is 38.1 Å². The molecule has 0 spiro atoms. The Morgan fingerprint density at radius 3 is 2.62 bits per heavy atom. The number of hydrogen-bond acceptors (Lipinski definition) is 4. The Bertz CT molecular complexity index is 928. The number of alkyl halides is 1. The molecule has 2 aromatic heterocycles. The summed E-state index contributed by atoms with van der Waals surface area (Å²) in [5, 5.41) is 9.90. The molecule has 4 rings (SSSR count). The molecule has 0 saturated carbocycles. The summed E-state index contributed by atoms with van der Waals surface area (Å²) < 4.78 is 30.4. The Kier molecular flexibility index (Phi) is 3.18. The van der Waals surface area contributed by atoms with Crippen molar-refractivity contribution in [2.45, 2.75) is 38.6 Å². The Morgan fingerprint density at radius 2 is 1.96 bits per heavy atom. The van der Waals surface area contributed by atoms with Crippen LogP contribution in [0.5, 0.6) is 0 Å². The van der Waals surface area contributed by atoms with Crippen molar-refractivity contribution >= 4 is 11.0 Å². The number of hydrogen-bond donors (Lipinski definition) is 1. The van der Waals surface area contributed by atoms with Gasteiger partial charge in [-0.3, -0.25) is 0 Å². The summed E-state index contributed by atoms with van der Waals surface area (Å²) in [5.74, 6) is 0.0906. The highest BCUT2D eigenvalue weighted by molar-refractivity contribution is 5.83. The van der Waals surface area contributed by atoms with E-state index in [-0.39, 0.29) is 11.6 Å². The third kappa shape index (κ3) is 2.19. The van der Waals surface area contributed by atoms with E-state index < -0.39 is 17.6 Å². The number of aromatic nitrogens is 4. The first-order chi connectivity index (χ1) is 11.4. The van der Waals surface area contributed by atoms with Crippen LogP contribution in [0.25, 0.3) is 22.2 Å². The lowest BCUT2D eigenvalue weighted by atomic mass is 10.1. The summed E-state index contributed by atoms with van der Waals surface area (Å²) in [5.41, 5.74) is 0.420. The molecule has 1 aliphatic rings. The van der Waals surface area contributed by atoms with Crippen LogP contribution in [0.15, 0.2) is 24.5 Å². The van der Waals surface area contributed by atoms with Crippen molar-refractivity contribution < 1.29 is 13.9 Å². The minimum atomic E-state index is -1.16. The van der Waals surface area contributed by atoms with Gasteiger partial charge in [0, 0.05) is 36.5 Å². The molecule has 1 N–H and O–H groups in total. The highest BCUT2D eigenvalue weighted by Crippen LogP contribution is 2.36. The van der Waals surface area contributed by atoms with Gasteiger partial charge in [0.2, 0.25) is 0 Å². The Morgan fingerprint density at radius 1 is 1.25 bits per heavy atom. The molecule has 0 radical (unpaired) electrons. The van der Waals surface area contributed by atoms with Gasteiger partial charge in [0.25, 0.3) is 0 Å². The van der Waals surface area contributed by atoms with Gasteiger partial charge in [-0.05, 0) is 26.0 Å². The predicted octanol–water partition coefficient (Wildman–Crippen LogP) is 3.27. The van der Waals surface area contributed by atoms with E-state index in [0.29, 0.717) is 35.1 Å². The molecule has 1 atom stereocenters. The van der Waals surface area contributed by atoms with E-state index in [1.807, 2.05) is 0 Å². The van der Waals surface area contributed by atoms with Crippen LogP contribution in [0.4, 0.5) is 8.78 Å². The minimum absolute atomic E-state index is 0.262. The second-order valence-electron chi connectivity index (χ2n) is 6.53. The average molecular weight is 330 g/mol. The third-order valence-corrected chi connectivity index (χ3v) is 4.27. The molecule has 0 saturated heterocycles. The van der Waals surface area contributed by atoms with E-state index in [9.17, 15) is 9.50 Å². The number of nitrogens with zero attached hydrogens (tertiary/aromatic N) is 4. The highest BCUT2D eigenvalue weighted by atomic mass is 19.1. The summed E-state index contributed by atoms with van der Waals surface area (Å²) >= 11 is 0. The lowest BCUT2D eigenvalue weighted by Gasteiger charge is -2.15. The standard InChI is InChI=1S/C17H16F2N4O/c1-17(2,24)16-20-7-9(8-21-16)10-3-4-12-14(13(10)19)23-6-5-11(18)15(23)22-12/h3-4,7-8,11,24H,5-6H2,1-2H3. The molecule has 0 amide bonds. The maximum absolute atomic E-state index is 15.0. The first-order valence-corrected chi connectivity index (χ1v) is 7.74. The van der Waals surface area contributed by atoms with Gasteiger partial charge in [0.15, 0.2) is 17.8 Å². The third-order valence-electron chi connectivity index (χ3n) is 4.27. The summed E-state index contributed by atoms with van der Waals surface area (Å²) in [4.78, 5) is 12.4. The van der Waals surface area contributed by atoms with Crippen LogP contribution in [0, 0.1) is 5.82 Å².